The second-order valence-corrected chi connectivity index (χ2v) is 7.34. The maximum Gasteiger partial charge on any atom is 0.412 e. The first-order chi connectivity index (χ1) is 13.3. The van der Waals surface area contributed by atoms with Gasteiger partial charge in [-0.3, -0.25) is 10.1 Å². The predicted molar refractivity (Wildman–Crippen MR) is 109 cm³/mol. The van der Waals surface area contributed by atoms with Gasteiger partial charge in [0.05, 0.1) is 6.61 Å². The Hall–Kier alpha value is -2.86. The molecule has 0 radical (unpaired) electrons. The molecule has 0 spiro atoms. The van der Waals surface area contributed by atoms with Crippen molar-refractivity contribution in [2.75, 3.05) is 11.9 Å². The van der Waals surface area contributed by atoms with Crippen LogP contribution in [0.4, 0.5) is 10.5 Å². The van der Waals surface area contributed by atoms with Crippen molar-refractivity contribution in [2.45, 2.75) is 46.4 Å². The summed E-state index contributed by atoms with van der Waals surface area (Å²) in [6, 6.07) is 14.6. The van der Waals surface area contributed by atoms with E-state index in [-0.39, 0.29) is 5.91 Å². The summed E-state index contributed by atoms with van der Waals surface area (Å²) in [5, 5.41) is 5.52. The third kappa shape index (κ3) is 7.40. The lowest BCUT2D eigenvalue weighted by atomic mass is 10.1. The van der Waals surface area contributed by atoms with Crippen LogP contribution in [-0.2, 0) is 22.6 Å². The first-order valence-corrected chi connectivity index (χ1v) is 9.30. The average molecular weight is 384 g/mol. The molecule has 0 heterocycles. The minimum absolute atomic E-state index is 0.216. The van der Waals surface area contributed by atoms with Crippen LogP contribution in [0.15, 0.2) is 48.5 Å². The van der Waals surface area contributed by atoms with Crippen LogP contribution in [0.5, 0.6) is 0 Å². The highest BCUT2D eigenvalue weighted by atomic mass is 16.6. The van der Waals surface area contributed by atoms with Gasteiger partial charge in [-0.1, -0.05) is 30.3 Å². The third-order valence-electron chi connectivity index (χ3n) is 3.72. The number of carbonyl (C=O) groups is 2. The zero-order valence-electron chi connectivity index (χ0n) is 16.9. The van der Waals surface area contributed by atoms with Crippen LogP contribution in [0.3, 0.4) is 0 Å². The number of amides is 2. The third-order valence-corrected chi connectivity index (χ3v) is 3.72. The Morgan fingerprint density at radius 1 is 1.00 bits per heavy atom. The fourth-order valence-electron chi connectivity index (χ4n) is 2.42. The number of anilines is 1. The van der Waals surface area contributed by atoms with Crippen molar-refractivity contribution in [3.63, 3.8) is 0 Å². The van der Waals surface area contributed by atoms with Gasteiger partial charge < -0.3 is 14.8 Å². The number of nitrogens with one attached hydrogen (secondary N) is 2. The lowest BCUT2D eigenvalue weighted by Gasteiger charge is -2.19. The normalized spacial score (nSPS) is 11.0. The number of rotatable bonds is 7. The van der Waals surface area contributed by atoms with E-state index < -0.39 is 11.7 Å². The number of ether oxygens (including phenoxy) is 2. The van der Waals surface area contributed by atoms with E-state index in [1.807, 2.05) is 31.2 Å². The van der Waals surface area contributed by atoms with E-state index in [0.717, 1.165) is 11.1 Å². The van der Waals surface area contributed by atoms with Crippen LogP contribution in [0.1, 0.15) is 49.2 Å². The summed E-state index contributed by atoms with van der Waals surface area (Å²) in [6.07, 6.45) is -0.558. The molecule has 0 unspecified atom stereocenters. The molecule has 2 amide bonds. The highest BCUT2D eigenvalue weighted by Crippen LogP contribution is 2.14. The van der Waals surface area contributed by atoms with E-state index >= 15 is 0 Å². The summed E-state index contributed by atoms with van der Waals surface area (Å²) >= 11 is 0. The van der Waals surface area contributed by atoms with Crippen LogP contribution >= 0.6 is 0 Å². The Kier molecular flexibility index (Phi) is 7.58. The molecule has 2 aromatic carbocycles. The Bertz CT molecular complexity index is 795. The number of carbonyl (C=O) groups excluding carboxylic acids is 2. The van der Waals surface area contributed by atoms with Crippen molar-refractivity contribution in [3.05, 3.63) is 65.2 Å². The van der Waals surface area contributed by atoms with Gasteiger partial charge in [-0.15, -0.1) is 0 Å². The van der Waals surface area contributed by atoms with Gasteiger partial charge in [0.1, 0.15) is 5.60 Å². The molecule has 0 fully saturated rings. The standard InChI is InChI=1S/C22H28N2O4/c1-5-27-15-17-11-9-16(10-12-17)14-23-20(25)18-7-6-8-19(13-18)24-21(26)28-22(2,3)4/h6-13H,5,14-15H2,1-4H3,(H,23,25)(H,24,26). The Morgan fingerprint density at radius 2 is 1.68 bits per heavy atom. The Morgan fingerprint density at radius 3 is 2.32 bits per heavy atom. The molecule has 0 saturated carbocycles. The number of hydrogen-bond donors (Lipinski definition) is 2. The predicted octanol–water partition coefficient (Wildman–Crippen LogP) is 4.50. The van der Waals surface area contributed by atoms with Crippen molar-refractivity contribution in [1.82, 2.24) is 5.32 Å². The first-order valence-electron chi connectivity index (χ1n) is 9.30. The molecule has 28 heavy (non-hydrogen) atoms. The zero-order valence-corrected chi connectivity index (χ0v) is 16.9. The SMILES string of the molecule is CCOCc1ccc(CNC(=O)c2cccc(NC(=O)OC(C)(C)C)c2)cc1. The molecule has 150 valence electrons. The van der Waals surface area contributed by atoms with E-state index in [2.05, 4.69) is 10.6 Å². The summed E-state index contributed by atoms with van der Waals surface area (Å²) in [4.78, 5) is 24.3. The van der Waals surface area contributed by atoms with Crippen LogP contribution in [-0.4, -0.2) is 24.2 Å². The van der Waals surface area contributed by atoms with Gasteiger partial charge in [-0.2, -0.15) is 0 Å². The van der Waals surface area contributed by atoms with Crippen LogP contribution in [0.25, 0.3) is 0 Å². The summed E-state index contributed by atoms with van der Waals surface area (Å²) in [5.41, 5.74) is 2.47. The van der Waals surface area contributed by atoms with E-state index in [0.29, 0.717) is 31.0 Å². The molecule has 0 aliphatic heterocycles. The minimum Gasteiger partial charge on any atom is -0.444 e. The number of benzene rings is 2. The largest absolute Gasteiger partial charge is 0.444 e. The lowest BCUT2D eigenvalue weighted by Crippen LogP contribution is -2.27. The van der Waals surface area contributed by atoms with Gasteiger partial charge in [0.15, 0.2) is 0 Å². The first kappa shape index (κ1) is 21.4. The monoisotopic (exact) mass is 384 g/mol. The molecule has 0 saturated heterocycles. The molecule has 0 aliphatic carbocycles. The fraction of sp³-hybridized carbons (Fsp3) is 0.364. The Balaban J connectivity index is 1.91. The summed E-state index contributed by atoms with van der Waals surface area (Å²) in [5.74, 6) is -0.216. The second kappa shape index (κ2) is 9.90. The van der Waals surface area contributed by atoms with Gasteiger partial charge in [-0.05, 0) is 57.0 Å². The smallest absolute Gasteiger partial charge is 0.412 e. The molecular weight excluding hydrogens is 356 g/mol. The molecule has 0 aromatic heterocycles. The quantitative estimate of drug-likeness (QED) is 0.737. The molecular formula is C22H28N2O4. The molecule has 0 atom stereocenters. The van der Waals surface area contributed by atoms with Crippen LogP contribution < -0.4 is 10.6 Å². The van der Waals surface area contributed by atoms with Gasteiger partial charge in [-0.25, -0.2) is 4.79 Å². The van der Waals surface area contributed by atoms with Crippen molar-refractivity contribution in [2.24, 2.45) is 0 Å². The molecule has 0 aliphatic rings. The maximum absolute atomic E-state index is 12.4. The molecule has 2 aromatic rings. The molecule has 0 bridgehead atoms. The van der Waals surface area contributed by atoms with E-state index in [1.54, 1.807) is 45.0 Å². The number of hydrogen-bond acceptors (Lipinski definition) is 4. The fourth-order valence-corrected chi connectivity index (χ4v) is 2.42. The summed E-state index contributed by atoms with van der Waals surface area (Å²) in [6.45, 7) is 9.01. The van der Waals surface area contributed by atoms with Crippen molar-refractivity contribution < 1.29 is 19.1 Å². The maximum atomic E-state index is 12.4. The van der Waals surface area contributed by atoms with Gasteiger partial charge in [0, 0.05) is 24.4 Å². The second-order valence-electron chi connectivity index (χ2n) is 7.34. The van der Waals surface area contributed by atoms with E-state index in [1.165, 1.54) is 0 Å². The van der Waals surface area contributed by atoms with E-state index in [4.69, 9.17) is 9.47 Å². The van der Waals surface area contributed by atoms with Crippen LogP contribution in [0.2, 0.25) is 0 Å². The molecule has 2 N–H and O–H groups in total. The minimum atomic E-state index is -0.586. The average Bonchev–Trinajstić information content (AvgIpc) is 2.64. The van der Waals surface area contributed by atoms with Crippen molar-refractivity contribution in [3.8, 4) is 0 Å². The van der Waals surface area contributed by atoms with E-state index in [9.17, 15) is 9.59 Å². The van der Waals surface area contributed by atoms with Crippen molar-refractivity contribution in [1.29, 1.82) is 0 Å². The van der Waals surface area contributed by atoms with Gasteiger partial charge in [0.2, 0.25) is 0 Å². The lowest BCUT2D eigenvalue weighted by molar-refractivity contribution is 0.0635. The highest BCUT2D eigenvalue weighted by Gasteiger charge is 2.16. The Labute approximate surface area is 166 Å². The van der Waals surface area contributed by atoms with Gasteiger partial charge >= 0.3 is 6.09 Å². The molecule has 6 heteroatoms. The zero-order chi connectivity index (χ0) is 20.6. The molecule has 6 nitrogen and oxygen atoms in total. The van der Waals surface area contributed by atoms with Crippen molar-refractivity contribution >= 4 is 17.7 Å². The molecule has 2 rings (SSSR count). The summed E-state index contributed by atoms with van der Waals surface area (Å²) < 4.78 is 10.6. The van der Waals surface area contributed by atoms with Gasteiger partial charge in [0.25, 0.3) is 5.91 Å². The highest BCUT2D eigenvalue weighted by molar-refractivity contribution is 5.96. The topological polar surface area (TPSA) is 76.7 Å². The summed E-state index contributed by atoms with van der Waals surface area (Å²) in [7, 11) is 0. The van der Waals surface area contributed by atoms with Crippen LogP contribution in [0, 0.1) is 0 Å².